The number of nitrogens with zero attached hydrogens (tertiary/aromatic N) is 4. The summed E-state index contributed by atoms with van der Waals surface area (Å²) >= 11 is 0. The number of benzene rings is 1. The van der Waals surface area contributed by atoms with E-state index in [4.69, 9.17) is 14.0 Å². The molecular weight excluding hydrogens is 420 g/mol. The second kappa shape index (κ2) is 13.7. The third-order valence-electron chi connectivity index (χ3n) is 6.07. The van der Waals surface area contributed by atoms with Gasteiger partial charge >= 0.3 is 0 Å². The van der Waals surface area contributed by atoms with Crippen molar-refractivity contribution in [2.45, 2.75) is 33.4 Å². The molecule has 1 saturated heterocycles. The second-order valence-corrected chi connectivity index (χ2v) is 8.36. The summed E-state index contributed by atoms with van der Waals surface area (Å²) in [6.07, 6.45) is -0.549. The van der Waals surface area contributed by atoms with Crippen LogP contribution in [0, 0.1) is 0 Å². The fraction of sp³-hybridized carbons (Fsp3) is 0.640. The molecular formula is C25H40N4O4. The van der Waals surface area contributed by atoms with E-state index in [1.165, 1.54) is 0 Å². The number of rotatable bonds is 14. The lowest BCUT2D eigenvalue weighted by molar-refractivity contribution is 0.00989. The topological polar surface area (TPSA) is 74.4 Å². The molecule has 1 N–H and O–H groups in total. The van der Waals surface area contributed by atoms with Gasteiger partial charge in [0.1, 0.15) is 5.69 Å². The van der Waals surface area contributed by atoms with Gasteiger partial charge in [0.2, 0.25) is 5.88 Å². The van der Waals surface area contributed by atoms with Crippen molar-refractivity contribution >= 4 is 5.88 Å². The van der Waals surface area contributed by atoms with Crippen LogP contribution in [0.3, 0.4) is 0 Å². The molecule has 0 unspecified atom stereocenters. The minimum atomic E-state index is -0.549. The van der Waals surface area contributed by atoms with E-state index in [1.54, 1.807) is 0 Å². The standard InChI is InChI=1S/C25H40N4O4/c1-4-29(5-2)25-23(24(26-33-25)21-10-8-7-9-11-21)19-28(18-22(30)20-31-6-3)13-12-27-14-16-32-17-15-27/h7-11,22,30H,4-6,12-20H2,1-3H3/t22-/m1/s1. The highest BCUT2D eigenvalue weighted by Crippen LogP contribution is 2.32. The summed E-state index contributed by atoms with van der Waals surface area (Å²) < 4.78 is 16.9. The van der Waals surface area contributed by atoms with Crippen LogP contribution in [0.4, 0.5) is 5.88 Å². The Hall–Kier alpha value is -1.97. The van der Waals surface area contributed by atoms with E-state index in [0.717, 1.165) is 75.2 Å². The van der Waals surface area contributed by atoms with Crippen molar-refractivity contribution in [1.29, 1.82) is 0 Å². The first kappa shape index (κ1) is 25.6. The zero-order valence-electron chi connectivity index (χ0n) is 20.4. The minimum absolute atomic E-state index is 0.336. The number of morpholine rings is 1. The summed E-state index contributed by atoms with van der Waals surface area (Å²) in [4.78, 5) is 6.92. The molecule has 1 fully saturated rings. The molecule has 1 aromatic carbocycles. The Balaban J connectivity index is 1.84. The number of anilines is 1. The van der Waals surface area contributed by atoms with Crippen LogP contribution in [0.2, 0.25) is 0 Å². The highest BCUT2D eigenvalue weighted by atomic mass is 16.5. The molecule has 0 radical (unpaired) electrons. The Morgan fingerprint density at radius 1 is 1.12 bits per heavy atom. The average molecular weight is 461 g/mol. The predicted octanol–water partition coefficient (Wildman–Crippen LogP) is 2.72. The minimum Gasteiger partial charge on any atom is -0.389 e. The average Bonchev–Trinajstić information content (AvgIpc) is 3.26. The van der Waals surface area contributed by atoms with Crippen LogP contribution in [-0.2, 0) is 16.0 Å². The normalized spacial score (nSPS) is 15.8. The summed E-state index contributed by atoms with van der Waals surface area (Å²) in [7, 11) is 0. The summed E-state index contributed by atoms with van der Waals surface area (Å²) in [6.45, 7) is 15.2. The Morgan fingerprint density at radius 3 is 2.52 bits per heavy atom. The van der Waals surface area contributed by atoms with Gasteiger partial charge in [-0.05, 0) is 20.8 Å². The molecule has 2 heterocycles. The van der Waals surface area contributed by atoms with Gasteiger partial charge in [0, 0.05) is 64.5 Å². The van der Waals surface area contributed by atoms with Gasteiger partial charge in [-0.1, -0.05) is 35.5 Å². The number of aromatic nitrogens is 1. The Bertz CT molecular complexity index is 791. The first-order valence-corrected chi connectivity index (χ1v) is 12.2. The van der Waals surface area contributed by atoms with Gasteiger partial charge in [-0.25, -0.2) is 0 Å². The molecule has 3 rings (SSSR count). The van der Waals surface area contributed by atoms with E-state index in [9.17, 15) is 5.11 Å². The van der Waals surface area contributed by atoms with Crippen LogP contribution in [0.25, 0.3) is 11.3 Å². The lowest BCUT2D eigenvalue weighted by Gasteiger charge is -2.31. The lowest BCUT2D eigenvalue weighted by Crippen LogP contribution is -2.43. The molecule has 1 aliphatic heterocycles. The van der Waals surface area contributed by atoms with Crippen LogP contribution in [0.15, 0.2) is 34.9 Å². The molecule has 1 aliphatic rings. The molecule has 0 amide bonds. The van der Waals surface area contributed by atoms with Crippen molar-refractivity contribution in [3.8, 4) is 11.3 Å². The Kier molecular flexibility index (Phi) is 10.6. The van der Waals surface area contributed by atoms with Crippen LogP contribution >= 0.6 is 0 Å². The smallest absolute Gasteiger partial charge is 0.232 e. The monoisotopic (exact) mass is 460 g/mol. The van der Waals surface area contributed by atoms with Crippen LogP contribution < -0.4 is 4.90 Å². The molecule has 0 aliphatic carbocycles. The Morgan fingerprint density at radius 2 is 1.85 bits per heavy atom. The van der Waals surface area contributed by atoms with Gasteiger partial charge in [0.05, 0.1) is 31.5 Å². The third-order valence-corrected chi connectivity index (χ3v) is 6.07. The van der Waals surface area contributed by atoms with Crippen LogP contribution in [0.1, 0.15) is 26.3 Å². The van der Waals surface area contributed by atoms with E-state index in [2.05, 4.69) is 45.8 Å². The van der Waals surface area contributed by atoms with Gasteiger partial charge in [-0.15, -0.1) is 0 Å². The summed E-state index contributed by atoms with van der Waals surface area (Å²) in [5.41, 5.74) is 2.97. The molecule has 8 heteroatoms. The first-order chi connectivity index (χ1) is 16.2. The van der Waals surface area contributed by atoms with Crippen molar-refractivity contribution in [3.63, 3.8) is 0 Å². The third kappa shape index (κ3) is 7.52. The fourth-order valence-electron chi connectivity index (χ4n) is 4.20. The Labute approximate surface area is 198 Å². The van der Waals surface area contributed by atoms with E-state index < -0.39 is 6.10 Å². The molecule has 33 heavy (non-hydrogen) atoms. The van der Waals surface area contributed by atoms with Crippen molar-refractivity contribution in [2.75, 3.05) is 77.1 Å². The highest BCUT2D eigenvalue weighted by molar-refractivity contribution is 5.68. The number of ether oxygens (including phenoxy) is 2. The summed E-state index contributed by atoms with van der Waals surface area (Å²) in [6, 6.07) is 10.2. The maximum atomic E-state index is 10.6. The molecule has 2 aromatic rings. The van der Waals surface area contributed by atoms with Gasteiger partial charge < -0.3 is 24.0 Å². The zero-order valence-corrected chi connectivity index (χ0v) is 20.4. The zero-order chi connectivity index (χ0) is 23.5. The van der Waals surface area contributed by atoms with E-state index in [-0.39, 0.29) is 0 Å². The van der Waals surface area contributed by atoms with Crippen molar-refractivity contribution in [1.82, 2.24) is 15.0 Å². The SMILES string of the molecule is CCOC[C@H](O)CN(CCN1CCOCC1)Cc1c(-c2ccccc2)noc1N(CC)CC. The number of aliphatic hydroxyl groups is 1. The molecule has 0 saturated carbocycles. The van der Waals surface area contributed by atoms with Crippen molar-refractivity contribution < 1.29 is 19.1 Å². The summed E-state index contributed by atoms with van der Waals surface area (Å²) in [5, 5.41) is 15.1. The van der Waals surface area contributed by atoms with E-state index in [0.29, 0.717) is 26.3 Å². The second-order valence-electron chi connectivity index (χ2n) is 8.36. The quantitative estimate of drug-likeness (QED) is 0.461. The number of hydrogen-bond acceptors (Lipinski definition) is 8. The lowest BCUT2D eigenvalue weighted by atomic mass is 10.1. The van der Waals surface area contributed by atoms with Gasteiger partial charge in [-0.3, -0.25) is 9.80 Å². The maximum Gasteiger partial charge on any atom is 0.232 e. The largest absolute Gasteiger partial charge is 0.389 e. The van der Waals surface area contributed by atoms with Gasteiger partial charge in [0.25, 0.3) is 0 Å². The van der Waals surface area contributed by atoms with Crippen LogP contribution in [0.5, 0.6) is 0 Å². The van der Waals surface area contributed by atoms with Gasteiger partial charge in [0.15, 0.2) is 0 Å². The molecule has 0 bridgehead atoms. The fourth-order valence-corrected chi connectivity index (χ4v) is 4.20. The predicted molar refractivity (Wildman–Crippen MR) is 131 cm³/mol. The van der Waals surface area contributed by atoms with Crippen molar-refractivity contribution in [3.05, 3.63) is 35.9 Å². The maximum absolute atomic E-state index is 10.6. The number of aliphatic hydroxyl groups excluding tert-OH is 1. The van der Waals surface area contributed by atoms with Crippen molar-refractivity contribution in [2.24, 2.45) is 0 Å². The molecule has 0 spiro atoms. The highest BCUT2D eigenvalue weighted by Gasteiger charge is 2.25. The first-order valence-electron chi connectivity index (χ1n) is 12.2. The van der Waals surface area contributed by atoms with E-state index >= 15 is 0 Å². The molecule has 1 atom stereocenters. The number of hydrogen-bond donors (Lipinski definition) is 1. The molecule has 1 aromatic heterocycles. The van der Waals surface area contributed by atoms with Crippen LogP contribution in [-0.4, -0.2) is 98.4 Å². The van der Waals surface area contributed by atoms with E-state index in [1.807, 2.05) is 25.1 Å². The summed E-state index contributed by atoms with van der Waals surface area (Å²) in [5.74, 6) is 0.814. The van der Waals surface area contributed by atoms with Gasteiger partial charge in [-0.2, -0.15) is 0 Å². The molecule has 8 nitrogen and oxygen atoms in total. The molecule has 184 valence electrons.